The minimum Gasteiger partial charge on any atom is -0.495 e. The van der Waals surface area contributed by atoms with Crippen molar-refractivity contribution in [3.63, 3.8) is 0 Å². The molecule has 29 heavy (non-hydrogen) atoms. The van der Waals surface area contributed by atoms with E-state index in [0.717, 1.165) is 9.87 Å². The van der Waals surface area contributed by atoms with Crippen LogP contribution in [0.3, 0.4) is 0 Å². The van der Waals surface area contributed by atoms with Crippen LogP contribution in [0, 0.1) is 6.92 Å². The zero-order valence-electron chi connectivity index (χ0n) is 16.9. The Morgan fingerprint density at radius 3 is 2.62 bits per heavy atom. The van der Waals surface area contributed by atoms with Gasteiger partial charge in [-0.1, -0.05) is 18.2 Å². The van der Waals surface area contributed by atoms with E-state index < -0.39 is 22.5 Å². The molecule has 0 atom stereocenters. The molecule has 0 aromatic heterocycles. The summed E-state index contributed by atoms with van der Waals surface area (Å²) in [7, 11) is -1.20. The second-order valence-electron chi connectivity index (χ2n) is 6.18. The second-order valence-corrected chi connectivity index (χ2v) is 8.19. The Bertz CT molecular complexity index is 989. The topological polar surface area (TPSA) is 97.3 Å². The zero-order valence-corrected chi connectivity index (χ0v) is 17.7. The Labute approximate surface area is 171 Å². The van der Waals surface area contributed by atoms with Gasteiger partial charge in [0.15, 0.2) is 0 Å². The van der Waals surface area contributed by atoms with Crippen LogP contribution in [0.2, 0.25) is 0 Å². The molecule has 0 saturated heterocycles. The number of amides is 1. The van der Waals surface area contributed by atoms with Gasteiger partial charge in [0.05, 0.1) is 26.5 Å². The van der Waals surface area contributed by atoms with Gasteiger partial charge < -0.3 is 9.47 Å². The van der Waals surface area contributed by atoms with Gasteiger partial charge in [0.1, 0.15) is 16.4 Å². The van der Waals surface area contributed by atoms with Crippen molar-refractivity contribution in [2.75, 3.05) is 27.3 Å². The minimum absolute atomic E-state index is 0.00411. The van der Waals surface area contributed by atoms with Crippen LogP contribution < -0.4 is 14.9 Å². The Kier molecular flexibility index (Phi) is 7.74. The summed E-state index contributed by atoms with van der Waals surface area (Å²) in [4.78, 5) is 12.2. The highest BCUT2D eigenvalue weighted by Gasteiger charge is 2.26. The molecule has 9 heteroatoms. The van der Waals surface area contributed by atoms with Crippen LogP contribution in [0.1, 0.15) is 18.1 Å². The number of ether oxygens (including phenoxy) is 2. The third-order valence-electron chi connectivity index (χ3n) is 3.99. The number of carbonyl (C=O) groups is 1. The second kappa shape index (κ2) is 10.0. The highest BCUT2D eigenvalue weighted by molar-refractivity contribution is 7.89. The largest absolute Gasteiger partial charge is 0.495 e. The Morgan fingerprint density at radius 2 is 1.93 bits per heavy atom. The Morgan fingerprint density at radius 1 is 1.21 bits per heavy atom. The number of likely N-dealkylation sites (N-methyl/N-ethyl adjacent to an activating group) is 1. The molecule has 0 bridgehead atoms. The maximum Gasteiger partial charge on any atom is 0.255 e. The van der Waals surface area contributed by atoms with Crippen molar-refractivity contribution in [2.45, 2.75) is 18.7 Å². The molecule has 0 spiro atoms. The predicted octanol–water partition coefficient (Wildman–Crippen LogP) is 2.17. The average molecular weight is 420 g/mol. The average Bonchev–Trinajstić information content (AvgIpc) is 2.69. The molecule has 2 aromatic carbocycles. The minimum atomic E-state index is -3.91. The van der Waals surface area contributed by atoms with E-state index >= 15 is 0 Å². The number of hydrogen-bond acceptors (Lipinski definition) is 6. The number of sulfonamides is 1. The molecule has 156 valence electrons. The number of aryl methyl sites for hydroxylation is 1. The molecular weight excluding hydrogens is 394 g/mol. The highest BCUT2D eigenvalue weighted by atomic mass is 32.2. The summed E-state index contributed by atoms with van der Waals surface area (Å²) in [6.07, 6.45) is 1.45. The fourth-order valence-corrected chi connectivity index (χ4v) is 3.89. The third kappa shape index (κ3) is 5.78. The van der Waals surface area contributed by atoms with E-state index in [9.17, 15) is 13.2 Å². The molecule has 0 heterocycles. The van der Waals surface area contributed by atoms with Gasteiger partial charge in [-0.05, 0) is 43.7 Å². The molecule has 0 aliphatic rings. The number of hydrazone groups is 1. The quantitative estimate of drug-likeness (QED) is 0.496. The lowest BCUT2D eigenvalue weighted by Crippen LogP contribution is -2.36. The van der Waals surface area contributed by atoms with Gasteiger partial charge in [0, 0.05) is 12.6 Å². The van der Waals surface area contributed by atoms with Crippen molar-refractivity contribution in [3.8, 4) is 11.5 Å². The number of hydrogen-bond donors (Lipinski definition) is 1. The molecule has 2 rings (SSSR count). The summed E-state index contributed by atoms with van der Waals surface area (Å²) in [6, 6.07) is 12.1. The molecule has 0 radical (unpaired) electrons. The molecule has 0 aliphatic carbocycles. The van der Waals surface area contributed by atoms with Gasteiger partial charge in [-0.15, -0.1) is 0 Å². The van der Waals surface area contributed by atoms with Gasteiger partial charge >= 0.3 is 0 Å². The SMILES string of the molecule is CCOc1ccccc1/C=N\NC(=O)CN(C)S(=O)(=O)c1cc(C)ccc1OC. The zero-order chi connectivity index (χ0) is 21.4. The summed E-state index contributed by atoms with van der Waals surface area (Å²) in [6.45, 7) is 3.75. The van der Waals surface area contributed by atoms with E-state index in [1.807, 2.05) is 19.1 Å². The van der Waals surface area contributed by atoms with Crippen LogP contribution in [-0.2, 0) is 14.8 Å². The van der Waals surface area contributed by atoms with E-state index in [2.05, 4.69) is 10.5 Å². The predicted molar refractivity (Wildman–Crippen MR) is 111 cm³/mol. The van der Waals surface area contributed by atoms with Gasteiger partial charge in [-0.3, -0.25) is 4.79 Å². The smallest absolute Gasteiger partial charge is 0.255 e. The van der Waals surface area contributed by atoms with E-state index in [-0.39, 0.29) is 10.6 Å². The van der Waals surface area contributed by atoms with Crippen molar-refractivity contribution in [1.82, 2.24) is 9.73 Å². The number of carbonyl (C=O) groups excluding carboxylic acids is 1. The van der Waals surface area contributed by atoms with Crippen molar-refractivity contribution in [1.29, 1.82) is 0 Å². The first-order valence-corrected chi connectivity index (χ1v) is 10.4. The first-order chi connectivity index (χ1) is 13.8. The maximum atomic E-state index is 12.8. The van der Waals surface area contributed by atoms with Crippen molar-refractivity contribution in [3.05, 3.63) is 53.6 Å². The lowest BCUT2D eigenvalue weighted by atomic mass is 10.2. The molecule has 8 nitrogen and oxygen atoms in total. The standard InChI is InChI=1S/C20H25N3O5S/c1-5-28-17-9-7-6-8-16(17)13-21-22-20(24)14-23(3)29(25,26)19-12-15(2)10-11-18(19)27-4/h6-13H,5,14H2,1-4H3,(H,22,24)/b21-13-. The number of para-hydroxylation sites is 1. The van der Waals surface area contributed by atoms with Crippen molar-refractivity contribution >= 4 is 22.1 Å². The van der Waals surface area contributed by atoms with E-state index in [0.29, 0.717) is 17.9 Å². The van der Waals surface area contributed by atoms with Crippen LogP contribution in [0.4, 0.5) is 0 Å². The van der Waals surface area contributed by atoms with Crippen molar-refractivity contribution in [2.24, 2.45) is 5.10 Å². The fraction of sp³-hybridized carbons (Fsp3) is 0.300. The number of nitrogens with zero attached hydrogens (tertiary/aromatic N) is 2. The normalized spacial score (nSPS) is 11.6. The van der Waals surface area contributed by atoms with Crippen LogP contribution in [0.25, 0.3) is 0 Å². The number of methoxy groups -OCH3 is 1. The first kappa shape index (κ1) is 22.4. The Hall–Kier alpha value is -2.91. The molecule has 1 amide bonds. The van der Waals surface area contributed by atoms with Gasteiger partial charge in [-0.2, -0.15) is 9.41 Å². The van der Waals surface area contributed by atoms with Crippen LogP contribution in [0.5, 0.6) is 11.5 Å². The van der Waals surface area contributed by atoms with Crippen molar-refractivity contribution < 1.29 is 22.7 Å². The van der Waals surface area contributed by atoms with E-state index in [1.165, 1.54) is 26.4 Å². The summed E-state index contributed by atoms with van der Waals surface area (Å²) >= 11 is 0. The molecule has 2 aromatic rings. The lowest BCUT2D eigenvalue weighted by molar-refractivity contribution is -0.121. The van der Waals surface area contributed by atoms with Crippen LogP contribution in [-0.4, -0.2) is 52.2 Å². The van der Waals surface area contributed by atoms with Gasteiger partial charge in [-0.25, -0.2) is 13.8 Å². The lowest BCUT2D eigenvalue weighted by Gasteiger charge is -2.18. The Balaban J connectivity index is 2.06. The van der Waals surface area contributed by atoms with Gasteiger partial charge in [0.25, 0.3) is 5.91 Å². The summed E-state index contributed by atoms with van der Waals surface area (Å²) < 4.78 is 37.2. The number of benzene rings is 2. The first-order valence-electron chi connectivity index (χ1n) is 8.94. The van der Waals surface area contributed by atoms with Crippen LogP contribution in [0.15, 0.2) is 52.5 Å². The summed E-state index contributed by atoms with van der Waals surface area (Å²) in [5, 5.41) is 3.89. The summed E-state index contributed by atoms with van der Waals surface area (Å²) in [5.41, 5.74) is 3.79. The number of nitrogens with one attached hydrogen (secondary N) is 1. The molecule has 0 unspecified atom stereocenters. The van der Waals surface area contributed by atoms with E-state index in [1.54, 1.807) is 31.2 Å². The fourth-order valence-electron chi connectivity index (χ4n) is 2.52. The molecule has 0 aliphatic heterocycles. The van der Waals surface area contributed by atoms with E-state index in [4.69, 9.17) is 9.47 Å². The maximum absolute atomic E-state index is 12.8. The molecule has 1 N–H and O–H groups in total. The third-order valence-corrected chi connectivity index (χ3v) is 5.81. The number of rotatable bonds is 9. The molecule has 0 fully saturated rings. The van der Waals surface area contributed by atoms with Crippen LogP contribution >= 0.6 is 0 Å². The highest BCUT2D eigenvalue weighted by Crippen LogP contribution is 2.27. The monoisotopic (exact) mass is 419 g/mol. The van der Waals surface area contributed by atoms with Gasteiger partial charge in [0.2, 0.25) is 10.0 Å². The molecule has 0 saturated carbocycles. The summed E-state index contributed by atoms with van der Waals surface area (Å²) in [5.74, 6) is 0.278. The molecular formula is C20H25N3O5S.